The van der Waals surface area contributed by atoms with E-state index in [1.807, 2.05) is 49.6 Å². The second kappa shape index (κ2) is 5.46. The third kappa shape index (κ3) is 2.43. The minimum absolute atomic E-state index is 0.152. The van der Waals surface area contributed by atoms with Crippen molar-refractivity contribution in [3.05, 3.63) is 47.1 Å². The van der Waals surface area contributed by atoms with Crippen molar-refractivity contribution in [3.63, 3.8) is 0 Å². The quantitative estimate of drug-likeness (QED) is 0.742. The highest BCUT2D eigenvalue weighted by molar-refractivity contribution is 7.12. The van der Waals surface area contributed by atoms with Crippen LogP contribution >= 0.6 is 11.3 Å². The van der Waals surface area contributed by atoms with E-state index in [9.17, 15) is 0 Å². The molecule has 3 rings (SSSR count). The first kappa shape index (κ1) is 13.5. The molecule has 0 atom stereocenters. The van der Waals surface area contributed by atoms with Gasteiger partial charge in [0.05, 0.1) is 11.4 Å². The Bertz CT molecular complexity index is 795. The number of benzene rings is 1. The monoisotopic (exact) mass is 295 g/mol. The maximum absolute atomic E-state index is 9.13. The summed E-state index contributed by atoms with van der Waals surface area (Å²) in [7, 11) is 0. The summed E-state index contributed by atoms with van der Waals surface area (Å²) in [6.07, 6.45) is 0. The van der Waals surface area contributed by atoms with Crippen molar-refractivity contribution in [1.29, 1.82) is 5.26 Å². The lowest BCUT2D eigenvalue weighted by Crippen LogP contribution is -2.04. The van der Waals surface area contributed by atoms with Crippen LogP contribution in [0.1, 0.15) is 31.2 Å². The van der Waals surface area contributed by atoms with Crippen molar-refractivity contribution in [1.82, 2.24) is 20.0 Å². The van der Waals surface area contributed by atoms with Crippen LogP contribution in [-0.4, -0.2) is 20.0 Å². The highest BCUT2D eigenvalue weighted by atomic mass is 32.1. The number of aromatic nitrogens is 4. The molecule has 0 radical (unpaired) electrons. The van der Waals surface area contributed by atoms with Gasteiger partial charge in [0.2, 0.25) is 5.13 Å². The van der Waals surface area contributed by atoms with E-state index in [0.29, 0.717) is 5.69 Å². The van der Waals surface area contributed by atoms with Crippen molar-refractivity contribution >= 4 is 11.3 Å². The van der Waals surface area contributed by atoms with Crippen LogP contribution in [0.4, 0.5) is 0 Å². The second-order valence-electron chi connectivity index (χ2n) is 4.88. The fraction of sp³-hybridized carbons (Fsp3) is 0.200. The summed E-state index contributed by atoms with van der Waals surface area (Å²) in [4.78, 5) is 4.61. The Balaban J connectivity index is 2.06. The van der Waals surface area contributed by atoms with E-state index in [2.05, 4.69) is 21.4 Å². The van der Waals surface area contributed by atoms with E-state index < -0.39 is 0 Å². The minimum Gasteiger partial charge on any atom is -0.218 e. The largest absolute Gasteiger partial charge is 0.218 e. The highest BCUT2D eigenvalue weighted by Gasteiger charge is 2.19. The molecule has 0 spiro atoms. The first-order chi connectivity index (χ1) is 10.2. The molecule has 0 amide bonds. The van der Waals surface area contributed by atoms with Crippen molar-refractivity contribution < 1.29 is 0 Å². The number of nitrogens with zero attached hydrogens (tertiary/aromatic N) is 5. The van der Waals surface area contributed by atoms with Crippen LogP contribution in [0.2, 0.25) is 0 Å². The first-order valence-electron chi connectivity index (χ1n) is 6.57. The molecule has 0 N–H and O–H groups in total. The second-order valence-corrected chi connectivity index (χ2v) is 5.72. The molecule has 0 aliphatic carbocycles. The van der Waals surface area contributed by atoms with Crippen molar-refractivity contribution in [2.45, 2.75) is 19.8 Å². The van der Waals surface area contributed by atoms with Gasteiger partial charge in [-0.25, -0.2) is 4.98 Å². The Morgan fingerprint density at radius 1 is 1.24 bits per heavy atom. The number of rotatable bonds is 3. The Morgan fingerprint density at radius 2 is 2.00 bits per heavy atom. The first-order valence-corrected chi connectivity index (χ1v) is 7.45. The number of hydrogen-bond acceptors (Lipinski definition) is 5. The molecule has 3 aromatic rings. The predicted molar refractivity (Wildman–Crippen MR) is 81.3 cm³/mol. The van der Waals surface area contributed by atoms with E-state index in [1.54, 1.807) is 4.68 Å². The molecule has 0 bridgehead atoms. The molecular formula is C15H13N5S. The Labute approximate surface area is 126 Å². The van der Waals surface area contributed by atoms with Crippen LogP contribution in [0.3, 0.4) is 0 Å². The summed E-state index contributed by atoms with van der Waals surface area (Å²) >= 11 is 1.49. The van der Waals surface area contributed by atoms with E-state index in [0.717, 1.165) is 22.1 Å². The zero-order chi connectivity index (χ0) is 14.8. The third-order valence-corrected chi connectivity index (χ3v) is 3.92. The van der Waals surface area contributed by atoms with Crippen molar-refractivity contribution in [3.8, 4) is 22.5 Å². The molecule has 0 unspecified atom stereocenters. The van der Waals surface area contributed by atoms with Crippen LogP contribution in [0.5, 0.6) is 0 Å². The van der Waals surface area contributed by atoms with Gasteiger partial charge in [0.25, 0.3) is 0 Å². The number of hydrogen-bond donors (Lipinski definition) is 0. The molecule has 2 heterocycles. The van der Waals surface area contributed by atoms with Crippen LogP contribution < -0.4 is 0 Å². The van der Waals surface area contributed by atoms with Gasteiger partial charge in [0.15, 0.2) is 5.69 Å². The van der Waals surface area contributed by atoms with Gasteiger partial charge < -0.3 is 0 Å². The van der Waals surface area contributed by atoms with E-state index in [-0.39, 0.29) is 5.92 Å². The van der Waals surface area contributed by atoms with Gasteiger partial charge in [-0.1, -0.05) is 49.4 Å². The van der Waals surface area contributed by atoms with Crippen LogP contribution in [0.15, 0.2) is 35.7 Å². The SMILES string of the molecule is CC(C)c1c(C#N)nnn1-c1nc(-c2ccccc2)cs1. The Hall–Kier alpha value is -2.52. The summed E-state index contributed by atoms with van der Waals surface area (Å²) in [5.74, 6) is 0.152. The molecule has 104 valence electrons. The van der Waals surface area contributed by atoms with E-state index >= 15 is 0 Å². The number of nitriles is 1. The number of thiazole rings is 1. The van der Waals surface area contributed by atoms with Crippen molar-refractivity contribution in [2.24, 2.45) is 0 Å². The van der Waals surface area contributed by atoms with Gasteiger partial charge in [0.1, 0.15) is 6.07 Å². The lowest BCUT2D eigenvalue weighted by molar-refractivity contribution is 0.712. The topological polar surface area (TPSA) is 67.4 Å². The molecule has 2 aromatic heterocycles. The van der Waals surface area contributed by atoms with Gasteiger partial charge in [-0.15, -0.1) is 16.4 Å². The maximum Gasteiger partial charge on any atom is 0.212 e. The molecule has 21 heavy (non-hydrogen) atoms. The highest BCUT2D eigenvalue weighted by Crippen LogP contribution is 2.26. The normalized spacial score (nSPS) is 10.8. The van der Waals surface area contributed by atoms with Gasteiger partial charge >= 0.3 is 0 Å². The van der Waals surface area contributed by atoms with Crippen LogP contribution in [0, 0.1) is 11.3 Å². The lowest BCUT2D eigenvalue weighted by atomic mass is 10.1. The standard InChI is InChI=1S/C15H13N5S/c1-10(2)14-12(8-16)18-19-20(14)15-17-13(9-21-15)11-6-4-3-5-7-11/h3-7,9-10H,1-2H3. The molecule has 0 saturated heterocycles. The van der Waals surface area contributed by atoms with Crippen LogP contribution in [0.25, 0.3) is 16.4 Å². The third-order valence-electron chi connectivity index (χ3n) is 3.10. The average molecular weight is 295 g/mol. The summed E-state index contributed by atoms with van der Waals surface area (Å²) in [6.45, 7) is 4.03. The van der Waals surface area contributed by atoms with Gasteiger partial charge in [-0.3, -0.25) is 0 Å². The summed E-state index contributed by atoms with van der Waals surface area (Å²) in [5, 5.41) is 19.9. The Kier molecular flexibility index (Phi) is 3.50. The van der Waals surface area contributed by atoms with E-state index in [4.69, 9.17) is 5.26 Å². The molecule has 5 nitrogen and oxygen atoms in total. The lowest BCUT2D eigenvalue weighted by Gasteiger charge is -2.05. The maximum atomic E-state index is 9.13. The van der Waals surface area contributed by atoms with Gasteiger partial charge in [-0.05, 0) is 5.92 Å². The molecule has 0 aliphatic rings. The smallest absolute Gasteiger partial charge is 0.212 e. The van der Waals surface area contributed by atoms with Crippen LogP contribution in [-0.2, 0) is 0 Å². The molecule has 0 aliphatic heterocycles. The summed E-state index contributed by atoms with van der Waals surface area (Å²) in [6, 6.07) is 12.1. The zero-order valence-corrected chi connectivity index (χ0v) is 12.5. The van der Waals surface area contributed by atoms with E-state index in [1.165, 1.54) is 11.3 Å². The molecule has 0 fully saturated rings. The summed E-state index contributed by atoms with van der Waals surface area (Å²) < 4.78 is 1.67. The Morgan fingerprint density at radius 3 is 2.67 bits per heavy atom. The van der Waals surface area contributed by atoms with Gasteiger partial charge in [-0.2, -0.15) is 9.94 Å². The van der Waals surface area contributed by atoms with Gasteiger partial charge in [0, 0.05) is 10.9 Å². The summed E-state index contributed by atoms with van der Waals surface area (Å²) in [5.41, 5.74) is 3.12. The van der Waals surface area contributed by atoms with Crippen molar-refractivity contribution in [2.75, 3.05) is 0 Å². The predicted octanol–water partition coefficient (Wildman–Crippen LogP) is 3.39. The minimum atomic E-state index is 0.152. The molecule has 6 heteroatoms. The fourth-order valence-electron chi connectivity index (χ4n) is 2.13. The molecule has 1 aromatic carbocycles. The molecular weight excluding hydrogens is 282 g/mol. The average Bonchev–Trinajstić information content (AvgIpc) is 3.14. The zero-order valence-electron chi connectivity index (χ0n) is 11.7. The molecule has 0 saturated carbocycles. The fourth-order valence-corrected chi connectivity index (χ4v) is 2.92.